The minimum absolute atomic E-state index is 0.209. The number of aromatic nitrogens is 2. The normalized spacial score (nSPS) is 11.6. The van der Waals surface area contributed by atoms with E-state index in [9.17, 15) is 9.59 Å². The van der Waals surface area contributed by atoms with Crippen LogP contribution in [0.1, 0.15) is 10.8 Å². The lowest BCUT2D eigenvalue weighted by Gasteiger charge is -2.14. The molecule has 0 aliphatic heterocycles. The third-order valence-electron chi connectivity index (χ3n) is 3.52. The summed E-state index contributed by atoms with van der Waals surface area (Å²) in [4.78, 5) is 24.0. The van der Waals surface area contributed by atoms with Gasteiger partial charge >= 0.3 is 6.03 Å². The van der Waals surface area contributed by atoms with E-state index in [4.69, 9.17) is 16.0 Å². The molecule has 3 rings (SSSR count). The number of hydrogen-bond donors (Lipinski definition) is 2. The number of amides is 3. The maximum absolute atomic E-state index is 12.5. The average molecular weight is 403 g/mol. The van der Waals surface area contributed by atoms with Crippen LogP contribution in [-0.2, 0) is 4.79 Å². The van der Waals surface area contributed by atoms with Crippen molar-refractivity contribution in [3.63, 3.8) is 0 Å². The Morgan fingerprint density at radius 3 is 2.44 bits per heavy atom. The number of imide groups is 1. The Morgan fingerprint density at radius 2 is 1.78 bits per heavy atom. The van der Waals surface area contributed by atoms with Crippen molar-refractivity contribution in [3.8, 4) is 11.5 Å². The molecule has 1 atom stereocenters. The zero-order valence-electron chi connectivity index (χ0n) is 14.2. The lowest BCUT2D eigenvalue weighted by molar-refractivity contribution is -0.119. The van der Waals surface area contributed by atoms with Crippen molar-refractivity contribution in [2.24, 2.45) is 0 Å². The fourth-order valence-electron chi connectivity index (χ4n) is 2.21. The number of benzene rings is 2. The smallest absolute Gasteiger partial charge is 0.321 e. The van der Waals surface area contributed by atoms with E-state index in [1.807, 2.05) is 18.2 Å². The molecule has 0 unspecified atom stereocenters. The third kappa shape index (κ3) is 4.87. The van der Waals surface area contributed by atoms with E-state index >= 15 is 0 Å². The molecular formula is C18H15ClN4O3S. The van der Waals surface area contributed by atoms with Gasteiger partial charge in [-0.15, -0.1) is 10.2 Å². The summed E-state index contributed by atoms with van der Waals surface area (Å²) in [6.07, 6.45) is 0. The second-order valence-corrected chi connectivity index (χ2v) is 6.85. The van der Waals surface area contributed by atoms with Gasteiger partial charge in [-0.3, -0.25) is 10.1 Å². The third-order valence-corrected chi connectivity index (χ3v) is 4.86. The van der Waals surface area contributed by atoms with Crippen LogP contribution in [0.4, 0.5) is 4.79 Å². The fourth-order valence-corrected chi connectivity index (χ4v) is 3.21. The summed E-state index contributed by atoms with van der Waals surface area (Å²) in [5, 5.41) is 12.7. The first kappa shape index (κ1) is 18.9. The van der Waals surface area contributed by atoms with Gasteiger partial charge < -0.3 is 9.73 Å². The Labute approximate surface area is 164 Å². The van der Waals surface area contributed by atoms with Gasteiger partial charge in [-0.25, -0.2) is 4.79 Å². The predicted octanol–water partition coefficient (Wildman–Crippen LogP) is 3.68. The molecule has 7 nitrogen and oxygen atoms in total. The van der Waals surface area contributed by atoms with Gasteiger partial charge in [0, 0.05) is 17.6 Å². The molecule has 2 N–H and O–H groups in total. The Hall–Kier alpha value is -2.84. The fraction of sp³-hybridized carbons (Fsp3) is 0.111. The largest absolute Gasteiger partial charge is 0.411 e. The summed E-state index contributed by atoms with van der Waals surface area (Å²) in [5.74, 6) is -0.176. The Bertz CT molecular complexity index is 931. The molecule has 3 amide bonds. The minimum atomic E-state index is -0.734. The maximum Gasteiger partial charge on any atom is 0.321 e. The summed E-state index contributed by atoms with van der Waals surface area (Å²) in [5.41, 5.74) is 1.42. The molecule has 9 heteroatoms. The van der Waals surface area contributed by atoms with Crippen molar-refractivity contribution >= 4 is 35.3 Å². The minimum Gasteiger partial charge on any atom is -0.411 e. The average Bonchev–Trinajstić information content (AvgIpc) is 3.16. The van der Waals surface area contributed by atoms with Gasteiger partial charge in [-0.05, 0) is 41.6 Å². The van der Waals surface area contributed by atoms with Gasteiger partial charge in [0.25, 0.3) is 5.22 Å². The molecule has 0 aliphatic rings. The first-order valence-electron chi connectivity index (χ1n) is 7.90. The molecule has 1 aromatic heterocycles. The van der Waals surface area contributed by atoms with Gasteiger partial charge in [0.2, 0.25) is 11.8 Å². The highest BCUT2D eigenvalue weighted by atomic mass is 35.5. The highest BCUT2D eigenvalue weighted by Crippen LogP contribution is 2.36. The van der Waals surface area contributed by atoms with Gasteiger partial charge in [-0.2, -0.15) is 0 Å². The van der Waals surface area contributed by atoms with E-state index in [0.717, 1.165) is 11.8 Å². The Morgan fingerprint density at radius 1 is 1.07 bits per heavy atom. The zero-order chi connectivity index (χ0) is 19.2. The molecule has 27 heavy (non-hydrogen) atoms. The van der Waals surface area contributed by atoms with Crippen LogP contribution in [-0.4, -0.2) is 29.2 Å². The van der Waals surface area contributed by atoms with Crippen LogP contribution in [0, 0.1) is 0 Å². The quantitative estimate of drug-likeness (QED) is 0.632. The zero-order valence-corrected chi connectivity index (χ0v) is 15.8. The summed E-state index contributed by atoms with van der Waals surface area (Å²) in [6.45, 7) is 0. The molecule has 0 spiro atoms. The van der Waals surface area contributed by atoms with E-state index < -0.39 is 17.2 Å². The van der Waals surface area contributed by atoms with E-state index in [1.54, 1.807) is 36.4 Å². The van der Waals surface area contributed by atoms with Crippen molar-refractivity contribution < 1.29 is 14.0 Å². The second kappa shape index (κ2) is 8.70. The first-order chi connectivity index (χ1) is 13.1. The molecule has 0 radical (unpaired) electrons. The molecule has 1 heterocycles. The standard InChI is InChI=1S/C18H15ClN4O3S/c1-20-17(25)21-15(24)14(11-5-3-2-4-6-11)27-18-23-22-16(26-18)12-7-9-13(19)10-8-12/h2-10,14H,1H3,(H2,20,21,24,25)/t14-/m1/s1. The van der Waals surface area contributed by atoms with E-state index in [1.165, 1.54) is 7.05 Å². The molecule has 0 saturated carbocycles. The van der Waals surface area contributed by atoms with Crippen LogP contribution >= 0.6 is 23.4 Å². The van der Waals surface area contributed by atoms with Gasteiger partial charge in [0.15, 0.2) is 0 Å². The summed E-state index contributed by atoms with van der Waals surface area (Å²) in [6, 6.07) is 15.4. The number of halogens is 1. The van der Waals surface area contributed by atoms with Crippen LogP contribution < -0.4 is 10.6 Å². The van der Waals surface area contributed by atoms with Crippen molar-refractivity contribution in [1.82, 2.24) is 20.8 Å². The molecule has 3 aromatic rings. The van der Waals surface area contributed by atoms with Crippen LogP contribution in [0.15, 0.2) is 64.2 Å². The summed E-state index contributed by atoms with van der Waals surface area (Å²) < 4.78 is 5.66. The summed E-state index contributed by atoms with van der Waals surface area (Å²) >= 11 is 6.94. The number of urea groups is 1. The van der Waals surface area contributed by atoms with Crippen LogP contribution in [0.3, 0.4) is 0 Å². The highest BCUT2D eigenvalue weighted by molar-refractivity contribution is 8.00. The lowest BCUT2D eigenvalue weighted by atomic mass is 10.1. The molecule has 0 bridgehead atoms. The van der Waals surface area contributed by atoms with Crippen LogP contribution in [0.25, 0.3) is 11.5 Å². The summed E-state index contributed by atoms with van der Waals surface area (Å²) in [7, 11) is 1.43. The molecule has 2 aromatic carbocycles. The van der Waals surface area contributed by atoms with Crippen molar-refractivity contribution in [3.05, 3.63) is 65.2 Å². The SMILES string of the molecule is CNC(=O)NC(=O)[C@H](Sc1nnc(-c2ccc(Cl)cc2)o1)c1ccccc1. The Kier molecular flexibility index (Phi) is 6.10. The van der Waals surface area contributed by atoms with Crippen molar-refractivity contribution in [2.45, 2.75) is 10.5 Å². The number of carbonyl (C=O) groups is 2. The molecule has 138 valence electrons. The first-order valence-corrected chi connectivity index (χ1v) is 9.16. The van der Waals surface area contributed by atoms with E-state index in [-0.39, 0.29) is 5.22 Å². The van der Waals surface area contributed by atoms with Gasteiger partial charge in [-0.1, -0.05) is 41.9 Å². The monoisotopic (exact) mass is 402 g/mol. The number of hydrogen-bond acceptors (Lipinski definition) is 6. The predicted molar refractivity (Wildman–Crippen MR) is 102 cm³/mol. The number of thioether (sulfide) groups is 1. The second-order valence-electron chi connectivity index (χ2n) is 5.36. The lowest BCUT2D eigenvalue weighted by Crippen LogP contribution is -2.39. The van der Waals surface area contributed by atoms with Crippen molar-refractivity contribution in [1.29, 1.82) is 0 Å². The Balaban J connectivity index is 1.83. The maximum atomic E-state index is 12.5. The highest BCUT2D eigenvalue weighted by Gasteiger charge is 2.26. The van der Waals surface area contributed by atoms with Crippen LogP contribution in [0.5, 0.6) is 0 Å². The molecule has 0 aliphatic carbocycles. The van der Waals surface area contributed by atoms with E-state index in [2.05, 4.69) is 20.8 Å². The van der Waals surface area contributed by atoms with Gasteiger partial charge in [0.05, 0.1) is 0 Å². The van der Waals surface area contributed by atoms with Crippen LogP contribution in [0.2, 0.25) is 5.02 Å². The molecular weight excluding hydrogens is 388 g/mol. The molecule has 0 saturated heterocycles. The van der Waals surface area contributed by atoms with Gasteiger partial charge in [0.1, 0.15) is 5.25 Å². The number of rotatable bonds is 5. The number of nitrogens with one attached hydrogen (secondary N) is 2. The number of nitrogens with zero attached hydrogens (tertiary/aromatic N) is 2. The molecule has 0 fully saturated rings. The van der Waals surface area contributed by atoms with Crippen molar-refractivity contribution in [2.75, 3.05) is 7.05 Å². The number of carbonyl (C=O) groups excluding carboxylic acids is 2. The topological polar surface area (TPSA) is 97.1 Å². The van der Waals surface area contributed by atoms with E-state index in [0.29, 0.717) is 22.0 Å².